The van der Waals surface area contributed by atoms with Crippen molar-refractivity contribution in [1.82, 2.24) is 0 Å². The first-order valence-corrected chi connectivity index (χ1v) is 5.03. The van der Waals surface area contributed by atoms with Crippen LogP contribution in [0.5, 0.6) is 0 Å². The molecule has 0 aliphatic heterocycles. The fraction of sp³-hybridized carbons (Fsp3) is 0.875. The Morgan fingerprint density at radius 2 is 2.18 bits per heavy atom. The normalized spacial score (nSPS) is 12.5. The zero-order valence-electron chi connectivity index (χ0n) is 7.50. The zero-order chi connectivity index (χ0) is 8.69. The summed E-state index contributed by atoms with van der Waals surface area (Å²) in [6, 6.07) is 0. The first-order chi connectivity index (χ1) is 5.20. The molecule has 66 valence electrons. The molecule has 0 radical (unpaired) electrons. The molecule has 11 heavy (non-hydrogen) atoms. The molecule has 0 fully saturated rings. The number of nitrogens with zero attached hydrogens (tertiary/aromatic N) is 1. The maximum atomic E-state index is 8.46. The summed E-state index contributed by atoms with van der Waals surface area (Å²) < 4.78 is 0. The predicted octanol–water partition coefficient (Wildman–Crippen LogP) is 2.96. The van der Waals surface area contributed by atoms with E-state index in [1.807, 2.05) is 6.92 Å². The molecule has 0 saturated carbocycles. The molecule has 0 rings (SSSR count). The third-order valence-electron chi connectivity index (χ3n) is 1.38. The highest BCUT2D eigenvalue weighted by molar-refractivity contribution is 8.13. The molecule has 0 saturated heterocycles. The number of oxime groups is 1. The van der Waals surface area contributed by atoms with Crippen LogP contribution in [-0.2, 0) is 0 Å². The largest absolute Gasteiger partial charge is 0.410 e. The second kappa shape index (κ2) is 6.53. The average Bonchev–Trinajstić information content (AvgIpc) is 1.98. The number of rotatable bonds is 4. The van der Waals surface area contributed by atoms with Crippen molar-refractivity contribution in [2.75, 3.05) is 5.75 Å². The topological polar surface area (TPSA) is 32.6 Å². The first-order valence-electron chi connectivity index (χ1n) is 4.04. The first kappa shape index (κ1) is 10.8. The van der Waals surface area contributed by atoms with Crippen molar-refractivity contribution in [2.45, 2.75) is 33.6 Å². The van der Waals surface area contributed by atoms with Gasteiger partial charge in [-0.2, -0.15) is 0 Å². The molecule has 0 atom stereocenters. The lowest BCUT2D eigenvalue weighted by Gasteiger charge is -2.03. The molecule has 0 unspecified atom stereocenters. The van der Waals surface area contributed by atoms with Crippen LogP contribution in [0.3, 0.4) is 0 Å². The Labute approximate surface area is 73.1 Å². The van der Waals surface area contributed by atoms with Gasteiger partial charge < -0.3 is 5.21 Å². The average molecular weight is 175 g/mol. The smallest absolute Gasteiger partial charge is 0.112 e. The lowest BCUT2D eigenvalue weighted by Crippen LogP contribution is -1.95. The molecule has 0 aromatic rings. The SMILES string of the molecule is CC/C(=N/O)SCCC(C)C. The van der Waals surface area contributed by atoms with Crippen molar-refractivity contribution < 1.29 is 5.21 Å². The molecule has 1 N–H and O–H groups in total. The molecule has 3 heteroatoms. The van der Waals surface area contributed by atoms with Gasteiger partial charge in [-0.15, -0.1) is 11.8 Å². The van der Waals surface area contributed by atoms with Crippen LogP contribution in [0.15, 0.2) is 5.16 Å². The van der Waals surface area contributed by atoms with E-state index in [1.54, 1.807) is 11.8 Å². The van der Waals surface area contributed by atoms with E-state index in [0.29, 0.717) is 0 Å². The van der Waals surface area contributed by atoms with E-state index in [0.717, 1.165) is 23.1 Å². The van der Waals surface area contributed by atoms with Crippen LogP contribution in [0, 0.1) is 5.92 Å². The van der Waals surface area contributed by atoms with Gasteiger partial charge in [0.2, 0.25) is 0 Å². The lowest BCUT2D eigenvalue weighted by molar-refractivity contribution is 0.319. The van der Waals surface area contributed by atoms with E-state index >= 15 is 0 Å². The molecule has 0 aromatic heterocycles. The minimum absolute atomic E-state index is 0.735. The van der Waals surface area contributed by atoms with Crippen LogP contribution in [-0.4, -0.2) is 16.0 Å². The van der Waals surface area contributed by atoms with Crippen molar-refractivity contribution in [3.8, 4) is 0 Å². The van der Waals surface area contributed by atoms with Crippen LogP contribution in [0.2, 0.25) is 0 Å². The van der Waals surface area contributed by atoms with Gasteiger partial charge in [0.15, 0.2) is 0 Å². The summed E-state index contributed by atoms with van der Waals surface area (Å²) in [4.78, 5) is 0. The minimum atomic E-state index is 0.735. The Morgan fingerprint density at radius 3 is 2.55 bits per heavy atom. The molecule has 0 amide bonds. The van der Waals surface area contributed by atoms with Gasteiger partial charge in [0, 0.05) is 0 Å². The summed E-state index contributed by atoms with van der Waals surface area (Å²) in [5.41, 5.74) is 0. The fourth-order valence-corrected chi connectivity index (χ4v) is 1.70. The van der Waals surface area contributed by atoms with Crippen LogP contribution in [0.25, 0.3) is 0 Å². The second-order valence-electron chi connectivity index (χ2n) is 2.88. The van der Waals surface area contributed by atoms with Gasteiger partial charge in [0.05, 0.1) is 0 Å². The summed E-state index contributed by atoms with van der Waals surface area (Å²) in [7, 11) is 0. The van der Waals surface area contributed by atoms with E-state index < -0.39 is 0 Å². The highest BCUT2D eigenvalue weighted by atomic mass is 32.2. The molecular formula is C8H17NOS. The number of thioether (sulfide) groups is 1. The van der Waals surface area contributed by atoms with Gasteiger partial charge in [0.25, 0.3) is 0 Å². The highest BCUT2D eigenvalue weighted by Gasteiger charge is 1.98. The van der Waals surface area contributed by atoms with Crippen molar-refractivity contribution in [3.05, 3.63) is 0 Å². The van der Waals surface area contributed by atoms with Gasteiger partial charge in [-0.05, 0) is 24.5 Å². The van der Waals surface area contributed by atoms with Crippen molar-refractivity contribution in [1.29, 1.82) is 0 Å². The van der Waals surface area contributed by atoms with Crippen molar-refractivity contribution in [2.24, 2.45) is 11.1 Å². The predicted molar refractivity (Wildman–Crippen MR) is 51.4 cm³/mol. The summed E-state index contributed by atoms with van der Waals surface area (Å²) in [5.74, 6) is 1.80. The molecule has 0 aromatic carbocycles. The molecule has 0 bridgehead atoms. The zero-order valence-corrected chi connectivity index (χ0v) is 8.32. The van der Waals surface area contributed by atoms with Gasteiger partial charge >= 0.3 is 0 Å². The Hall–Kier alpha value is -0.180. The van der Waals surface area contributed by atoms with Gasteiger partial charge in [0.1, 0.15) is 5.04 Å². The highest BCUT2D eigenvalue weighted by Crippen LogP contribution is 2.12. The molecule has 0 spiro atoms. The standard InChI is InChI=1S/C8H17NOS/c1-4-8(9-10)11-6-5-7(2)3/h7,10H,4-6H2,1-3H3/b9-8-. The third-order valence-corrected chi connectivity index (χ3v) is 2.52. The Bertz CT molecular complexity index is 123. The van der Waals surface area contributed by atoms with E-state index in [-0.39, 0.29) is 0 Å². The van der Waals surface area contributed by atoms with Crippen molar-refractivity contribution in [3.63, 3.8) is 0 Å². The van der Waals surface area contributed by atoms with Gasteiger partial charge in [-0.25, -0.2) is 0 Å². The fourth-order valence-electron chi connectivity index (χ4n) is 0.614. The summed E-state index contributed by atoms with van der Waals surface area (Å²) in [5, 5.41) is 12.5. The summed E-state index contributed by atoms with van der Waals surface area (Å²) in [6.07, 6.45) is 2.02. The van der Waals surface area contributed by atoms with Crippen LogP contribution < -0.4 is 0 Å². The van der Waals surface area contributed by atoms with E-state index in [9.17, 15) is 0 Å². The Balaban J connectivity index is 3.37. The monoisotopic (exact) mass is 175 g/mol. The van der Waals surface area contributed by atoms with Crippen LogP contribution >= 0.6 is 11.8 Å². The number of hydrogen-bond donors (Lipinski definition) is 1. The molecular weight excluding hydrogens is 158 g/mol. The Morgan fingerprint density at radius 1 is 1.55 bits per heavy atom. The van der Waals surface area contributed by atoms with E-state index in [2.05, 4.69) is 19.0 Å². The minimum Gasteiger partial charge on any atom is -0.410 e. The van der Waals surface area contributed by atoms with Crippen LogP contribution in [0.4, 0.5) is 0 Å². The van der Waals surface area contributed by atoms with Gasteiger partial charge in [-0.1, -0.05) is 25.9 Å². The van der Waals surface area contributed by atoms with E-state index in [1.165, 1.54) is 6.42 Å². The lowest BCUT2D eigenvalue weighted by atomic mass is 10.2. The summed E-state index contributed by atoms with van der Waals surface area (Å²) >= 11 is 1.65. The van der Waals surface area contributed by atoms with Gasteiger partial charge in [-0.3, -0.25) is 0 Å². The van der Waals surface area contributed by atoms with Crippen LogP contribution in [0.1, 0.15) is 33.6 Å². The maximum Gasteiger partial charge on any atom is 0.112 e. The molecule has 0 heterocycles. The molecule has 0 aliphatic carbocycles. The van der Waals surface area contributed by atoms with Crippen molar-refractivity contribution >= 4 is 16.8 Å². The maximum absolute atomic E-state index is 8.46. The van der Waals surface area contributed by atoms with E-state index in [4.69, 9.17) is 5.21 Å². The summed E-state index contributed by atoms with van der Waals surface area (Å²) in [6.45, 7) is 6.39. The second-order valence-corrected chi connectivity index (χ2v) is 4.05. The molecule has 2 nitrogen and oxygen atoms in total. The number of hydrogen-bond acceptors (Lipinski definition) is 3. The Kier molecular flexibility index (Phi) is 6.42. The quantitative estimate of drug-likeness (QED) is 0.308. The molecule has 0 aliphatic rings. The third kappa shape index (κ3) is 6.23.